The van der Waals surface area contributed by atoms with Crippen molar-refractivity contribution >= 4 is 22.7 Å². The second-order valence-electron chi connectivity index (χ2n) is 3.70. The monoisotopic (exact) mass is 252 g/mol. The fraction of sp³-hybridized carbons (Fsp3) is 0.417. The zero-order chi connectivity index (χ0) is 11.4. The Morgan fingerprint density at radius 1 is 1.44 bits per heavy atom. The number of aromatic nitrogens is 1. The summed E-state index contributed by atoms with van der Waals surface area (Å²) in [6.07, 6.45) is 3.07. The molecule has 0 bridgehead atoms. The number of thiazole rings is 1. The summed E-state index contributed by atoms with van der Waals surface area (Å²) >= 11 is 3.60. The number of nitrogens with zero attached hydrogens (tertiary/aromatic N) is 1. The molecule has 4 heteroatoms. The standard InChI is InChI=1S/C12H16N2S2/c1-3-10-7-14-12(16-10)9(2)13-8-11-5-4-6-15-11/h4-7,9,13H,3,8H2,1-2H3. The lowest BCUT2D eigenvalue weighted by molar-refractivity contribution is 0.576. The van der Waals surface area contributed by atoms with Gasteiger partial charge in [-0.3, -0.25) is 0 Å². The van der Waals surface area contributed by atoms with Crippen LogP contribution in [0.1, 0.15) is 34.7 Å². The number of aryl methyl sites for hydroxylation is 1. The molecule has 2 heterocycles. The molecule has 16 heavy (non-hydrogen) atoms. The maximum atomic E-state index is 4.45. The van der Waals surface area contributed by atoms with Crippen LogP contribution < -0.4 is 5.32 Å². The lowest BCUT2D eigenvalue weighted by atomic mass is 10.3. The molecule has 0 aliphatic carbocycles. The van der Waals surface area contributed by atoms with E-state index in [1.54, 1.807) is 11.3 Å². The molecule has 0 aliphatic heterocycles. The van der Waals surface area contributed by atoms with Gasteiger partial charge in [0.2, 0.25) is 0 Å². The van der Waals surface area contributed by atoms with Crippen LogP contribution in [-0.2, 0) is 13.0 Å². The molecule has 1 N–H and O–H groups in total. The van der Waals surface area contributed by atoms with Crippen molar-refractivity contribution in [2.75, 3.05) is 0 Å². The van der Waals surface area contributed by atoms with Crippen molar-refractivity contribution in [1.29, 1.82) is 0 Å². The second kappa shape index (κ2) is 5.57. The van der Waals surface area contributed by atoms with E-state index in [-0.39, 0.29) is 0 Å². The van der Waals surface area contributed by atoms with Crippen LogP contribution in [0.3, 0.4) is 0 Å². The average molecular weight is 252 g/mol. The van der Waals surface area contributed by atoms with E-state index < -0.39 is 0 Å². The third-order valence-corrected chi connectivity index (χ3v) is 4.65. The van der Waals surface area contributed by atoms with E-state index >= 15 is 0 Å². The Balaban J connectivity index is 1.90. The molecule has 86 valence electrons. The van der Waals surface area contributed by atoms with Gasteiger partial charge in [-0.25, -0.2) is 4.98 Å². The van der Waals surface area contributed by atoms with Gasteiger partial charge in [0.05, 0.1) is 6.04 Å². The fourth-order valence-electron chi connectivity index (χ4n) is 1.44. The Hall–Kier alpha value is -0.710. The Labute approximate surface area is 104 Å². The van der Waals surface area contributed by atoms with Crippen molar-refractivity contribution in [3.8, 4) is 0 Å². The molecule has 2 aromatic rings. The molecular weight excluding hydrogens is 236 g/mol. The maximum absolute atomic E-state index is 4.45. The van der Waals surface area contributed by atoms with Crippen LogP contribution in [0, 0.1) is 0 Å². The van der Waals surface area contributed by atoms with E-state index in [0.29, 0.717) is 6.04 Å². The van der Waals surface area contributed by atoms with Crippen LogP contribution in [0.5, 0.6) is 0 Å². The SMILES string of the molecule is CCc1cnc(C(C)NCc2cccs2)s1. The van der Waals surface area contributed by atoms with Crippen LogP contribution in [0.25, 0.3) is 0 Å². The summed E-state index contributed by atoms with van der Waals surface area (Å²) in [5.41, 5.74) is 0. The highest BCUT2D eigenvalue weighted by Crippen LogP contribution is 2.21. The van der Waals surface area contributed by atoms with Crippen LogP contribution in [0.15, 0.2) is 23.7 Å². The van der Waals surface area contributed by atoms with Crippen LogP contribution in [0.4, 0.5) is 0 Å². The molecule has 1 unspecified atom stereocenters. The largest absolute Gasteiger partial charge is 0.303 e. The average Bonchev–Trinajstić information content (AvgIpc) is 2.96. The number of hydrogen-bond acceptors (Lipinski definition) is 4. The third-order valence-electron chi connectivity index (χ3n) is 2.45. The van der Waals surface area contributed by atoms with Gasteiger partial charge in [0, 0.05) is 22.5 Å². The predicted octanol–water partition coefficient (Wildman–Crippen LogP) is 3.62. The molecule has 2 nitrogen and oxygen atoms in total. The Kier molecular flexibility index (Phi) is 4.09. The van der Waals surface area contributed by atoms with Crippen molar-refractivity contribution in [1.82, 2.24) is 10.3 Å². The first-order valence-corrected chi connectivity index (χ1v) is 7.19. The number of hydrogen-bond donors (Lipinski definition) is 1. The molecule has 0 fully saturated rings. The highest BCUT2D eigenvalue weighted by molar-refractivity contribution is 7.11. The summed E-state index contributed by atoms with van der Waals surface area (Å²) in [6.45, 7) is 5.27. The molecule has 0 amide bonds. The Morgan fingerprint density at radius 3 is 2.94 bits per heavy atom. The summed E-state index contributed by atoms with van der Waals surface area (Å²) in [6, 6.07) is 4.58. The molecule has 0 saturated carbocycles. The first kappa shape index (κ1) is 11.8. The second-order valence-corrected chi connectivity index (χ2v) is 5.88. The zero-order valence-electron chi connectivity index (χ0n) is 9.56. The predicted molar refractivity (Wildman–Crippen MR) is 71.1 cm³/mol. The fourth-order valence-corrected chi connectivity index (χ4v) is 2.98. The Bertz CT molecular complexity index is 420. The minimum Gasteiger partial charge on any atom is -0.303 e. The molecule has 2 aromatic heterocycles. The summed E-state index contributed by atoms with van der Waals surface area (Å²) < 4.78 is 0. The molecular formula is C12H16N2S2. The topological polar surface area (TPSA) is 24.9 Å². The molecule has 0 spiro atoms. The van der Waals surface area contributed by atoms with E-state index in [1.165, 1.54) is 14.8 Å². The smallest absolute Gasteiger partial charge is 0.109 e. The molecule has 0 aliphatic rings. The molecule has 0 radical (unpaired) electrons. The van der Waals surface area contributed by atoms with Crippen molar-refractivity contribution in [3.05, 3.63) is 38.5 Å². The van der Waals surface area contributed by atoms with E-state index in [1.807, 2.05) is 17.5 Å². The molecule has 0 aromatic carbocycles. The van der Waals surface area contributed by atoms with Gasteiger partial charge in [0.15, 0.2) is 0 Å². The number of nitrogens with one attached hydrogen (secondary N) is 1. The Morgan fingerprint density at radius 2 is 2.31 bits per heavy atom. The lowest BCUT2D eigenvalue weighted by Gasteiger charge is -2.09. The van der Waals surface area contributed by atoms with Gasteiger partial charge in [-0.15, -0.1) is 22.7 Å². The minimum atomic E-state index is 0.340. The third kappa shape index (κ3) is 2.90. The van der Waals surface area contributed by atoms with Gasteiger partial charge in [-0.2, -0.15) is 0 Å². The van der Waals surface area contributed by atoms with Gasteiger partial charge < -0.3 is 5.32 Å². The van der Waals surface area contributed by atoms with Crippen molar-refractivity contribution in [3.63, 3.8) is 0 Å². The first-order valence-electron chi connectivity index (χ1n) is 5.50. The maximum Gasteiger partial charge on any atom is 0.109 e. The lowest BCUT2D eigenvalue weighted by Crippen LogP contribution is -2.17. The van der Waals surface area contributed by atoms with Gasteiger partial charge >= 0.3 is 0 Å². The van der Waals surface area contributed by atoms with Crippen LogP contribution in [-0.4, -0.2) is 4.98 Å². The zero-order valence-corrected chi connectivity index (χ0v) is 11.2. The van der Waals surface area contributed by atoms with Crippen molar-refractivity contribution < 1.29 is 0 Å². The number of rotatable bonds is 5. The van der Waals surface area contributed by atoms with Gasteiger partial charge in [-0.05, 0) is 24.8 Å². The minimum absolute atomic E-state index is 0.340. The quantitative estimate of drug-likeness (QED) is 0.879. The van der Waals surface area contributed by atoms with E-state index in [2.05, 4.69) is 41.7 Å². The van der Waals surface area contributed by atoms with E-state index in [9.17, 15) is 0 Å². The summed E-state index contributed by atoms with van der Waals surface area (Å²) in [4.78, 5) is 7.18. The van der Waals surface area contributed by atoms with Gasteiger partial charge in [-0.1, -0.05) is 13.0 Å². The van der Waals surface area contributed by atoms with E-state index in [0.717, 1.165) is 13.0 Å². The molecule has 2 rings (SSSR count). The van der Waals surface area contributed by atoms with Crippen LogP contribution in [0.2, 0.25) is 0 Å². The first-order chi connectivity index (χ1) is 7.79. The summed E-state index contributed by atoms with van der Waals surface area (Å²) in [5.74, 6) is 0. The number of thiophene rings is 1. The van der Waals surface area contributed by atoms with Gasteiger partial charge in [0.1, 0.15) is 5.01 Å². The van der Waals surface area contributed by atoms with Crippen molar-refractivity contribution in [2.24, 2.45) is 0 Å². The summed E-state index contributed by atoms with van der Waals surface area (Å²) in [7, 11) is 0. The molecule has 1 atom stereocenters. The molecule has 0 saturated heterocycles. The van der Waals surface area contributed by atoms with Crippen molar-refractivity contribution in [2.45, 2.75) is 32.9 Å². The normalized spacial score (nSPS) is 12.9. The highest BCUT2D eigenvalue weighted by Gasteiger charge is 2.09. The van der Waals surface area contributed by atoms with Crippen LogP contribution >= 0.6 is 22.7 Å². The summed E-state index contributed by atoms with van der Waals surface area (Å²) in [5, 5.41) is 6.80. The van der Waals surface area contributed by atoms with Gasteiger partial charge in [0.25, 0.3) is 0 Å². The van der Waals surface area contributed by atoms with E-state index in [4.69, 9.17) is 0 Å². The highest BCUT2D eigenvalue weighted by atomic mass is 32.1.